The molecule has 0 bridgehead atoms. The van der Waals surface area contributed by atoms with Crippen LogP contribution < -0.4 is 11.1 Å². The average molecular weight is 393 g/mol. The minimum atomic E-state index is -0.407. The summed E-state index contributed by atoms with van der Waals surface area (Å²) in [5, 5.41) is 7.16. The molecule has 0 radical (unpaired) electrons. The first-order valence-electron chi connectivity index (χ1n) is 9.62. The standard InChI is InChI=1S/C22H24FN5O/c1-14-10-20(28(26-14)17-5-3-4-15(11-17)12-24)22(29)25-19-7-6-16-13-27(2)9-8-18(16)21(19)23/h3-7,10-11H,8-9,12-13,24H2,1-2H3,(H,25,29). The molecule has 0 saturated heterocycles. The highest BCUT2D eigenvalue weighted by Crippen LogP contribution is 2.27. The molecule has 1 amide bonds. The molecule has 3 N–H and O–H groups in total. The van der Waals surface area contributed by atoms with Crippen molar-refractivity contribution in [3.05, 3.63) is 76.4 Å². The van der Waals surface area contributed by atoms with Gasteiger partial charge in [-0.1, -0.05) is 18.2 Å². The Morgan fingerprint density at radius 3 is 2.90 bits per heavy atom. The van der Waals surface area contributed by atoms with E-state index in [0.717, 1.165) is 23.4 Å². The van der Waals surface area contributed by atoms with Gasteiger partial charge in [-0.15, -0.1) is 0 Å². The number of aryl methyl sites for hydroxylation is 1. The molecule has 4 rings (SSSR count). The first kappa shape index (κ1) is 19.3. The number of hydrogen-bond acceptors (Lipinski definition) is 4. The van der Waals surface area contributed by atoms with Crippen molar-refractivity contribution >= 4 is 11.6 Å². The Morgan fingerprint density at radius 1 is 1.28 bits per heavy atom. The Morgan fingerprint density at radius 2 is 2.10 bits per heavy atom. The molecular weight excluding hydrogens is 369 g/mol. The van der Waals surface area contributed by atoms with E-state index in [1.165, 1.54) is 0 Å². The number of anilines is 1. The lowest BCUT2D eigenvalue weighted by Gasteiger charge is -2.26. The van der Waals surface area contributed by atoms with Gasteiger partial charge in [0.25, 0.3) is 5.91 Å². The first-order valence-corrected chi connectivity index (χ1v) is 9.62. The number of aromatic nitrogens is 2. The lowest BCUT2D eigenvalue weighted by molar-refractivity contribution is 0.101. The van der Waals surface area contributed by atoms with Gasteiger partial charge < -0.3 is 16.0 Å². The van der Waals surface area contributed by atoms with E-state index >= 15 is 4.39 Å². The number of rotatable bonds is 4. The smallest absolute Gasteiger partial charge is 0.274 e. The van der Waals surface area contributed by atoms with E-state index in [4.69, 9.17) is 5.73 Å². The first-order chi connectivity index (χ1) is 14.0. The Labute approximate surface area is 169 Å². The van der Waals surface area contributed by atoms with Crippen molar-refractivity contribution in [1.29, 1.82) is 0 Å². The summed E-state index contributed by atoms with van der Waals surface area (Å²) in [6.45, 7) is 3.72. The van der Waals surface area contributed by atoms with Crippen LogP contribution in [0.4, 0.5) is 10.1 Å². The number of fused-ring (bicyclic) bond motifs is 1. The number of carbonyl (C=O) groups excluding carboxylic acids is 1. The predicted molar refractivity (Wildman–Crippen MR) is 111 cm³/mol. The maximum Gasteiger partial charge on any atom is 0.274 e. The second-order valence-corrected chi connectivity index (χ2v) is 7.46. The highest BCUT2D eigenvalue weighted by atomic mass is 19.1. The number of hydrogen-bond donors (Lipinski definition) is 2. The van der Waals surface area contributed by atoms with Crippen molar-refractivity contribution < 1.29 is 9.18 Å². The van der Waals surface area contributed by atoms with Crippen LogP contribution in [0.25, 0.3) is 5.69 Å². The van der Waals surface area contributed by atoms with Gasteiger partial charge in [-0.25, -0.2) is 9.07 Å². The third-order valence-electron chi connectivity index (χ3n) is 5.23. The number of nitrogens with zero attached hydrogens (tertiary/aromatic N) is 3. The average Bonchev–Trinajstić information content (AvgIpc) is 3.12. The van der Waals surface area contributed by atoms with Crippen LogP contribution in [0.5, 0.6) is 0 Å². The second kappa shape index (κ2) is 7.77. The SMILES string of the molecule is Cc1cc(C(=O)Nc2ccc3c(c2F)CCN(C)C3)n(-c2cccc(CN)c2)n1. The van der Waals surface area contributed by atoms with Crippen molar-refractivity contribution in [3.8, 4) is 5.69 Å². The van der Waals surface area contributed by atoms with Gasteiger partial charge in [0.05, 0.1) is 17.1 Å². The van der Waals surface area contributed by atoms with Gasteiger partial charge >= 0.3 is 0 Å². The molecule has 3 aromatic rings. The summed E-state index contributed by atoms with van der Waals surface area (Å²) in [5.41, 5.74) is 10.3. The number of likely N-dealkylation sites (N-methyl/N-ethyl adjacent to an activating group) is 1. The zero-order valence-corrected chi connectivity index (χ0v) is 16.6. The van der Waals surface area contributed by atoms with Crippen LogP contribution in [0.1, 0.15) is 32.9 Å². The fourth-order valence-corrected chi connectivity index (χ4v) is 3.71. The number of halogens is 1. The molecule has 0 fully saturated rings. The summed E-state index contributed by atoms with van der Waals surface area (Å²) in [4.78, 5) is 15.1. The minimum absolute atomic E-state index is 0.194. The molecule has 7 heteroatoms. The summed E-state index contributed by atoms with van der Waals surface area (Å²) in [6.07, 6.45) is 0.629. The maximum atomic E-state index is 15.0. The molecule has 0 unspecified atom stereocenters. The molecule has 2 aromatic carbocycles. The summed E-state index contributed by atoms with van der Waals surface area (Å²) >= 11 is 0. The summed E-state index contributed by atoms with van der Waals surface area (Å²) in [7, 11) is 2.01. The van der Waals surface area contributed by atoms with Crippen LogP contribution in [0.15, 0.2) is 42.5 Å². The molecule has 6 nitrogen and oxygen atoms in total. The van der Waals surface area contributed by atoms with Crippen molar-refractivity contribution in [2.45, 2.75) is 26.4 Å². The lowest BCUT2D eigenvalue weighted by Crippen LogP contribution is -2.27. The highest BCUT2D eigenvalue weighted by molar-refractivity contribution is 6.03. The Kier molecular flexibility index (Phi) is 5.17. The van der Waals surface area contributed by atoms with Crippen LogP contribution in [0, 0.1) is 12.7 Å². The van der Waals surface area contributed by atoms with Crippen LogP contribution >= 0.6 is 0 Å². The molecule has 1 aliphatic heterocycles. The molecule has 0 saturated carbocycles. The second-order valence-electron chi connectivity index (χ2n) is 7.46. The molecule has 150 valence electrons. The third-order valence-corrected chi connectivity index (χ3v) is 5.23. The lowest BCUT2D eigenvalue weighted by atomic mass is 9.98. The molecule has 1 aliphatic rings. The predicted octanol–water partition coefficient (Wildman–Crippen LogP) is 3.02. The number of amides is 1. The van der Waals surface area contributed by atoms with Gasteiger partial charge in [-0.3, -0.25) is 4.79 Å². The number of benzene rings is 2. The topological polar surface area (TPSA) is 76.2 Å². The molecule has 2 heterocycles. The zero-order chi connectivity index (χ0) is 20.5. The van der Waals surface area contributed by atoms with Gasteiger partial charge in [-0.2, -0.15) is 5.10 Å². The number of nitrogens with one attached hydrogen (secondary N) is 1. The number of carbonyl (C=O) groups is 1. The van der Waals surface area contributed by atoms with E-state index < -0.39 is 5.91 Å². The molecule has 0 spiro atoms. The van der Waals surface area contributed by atoms with Crippen LogP contribution in [-0.4, -0.2) is 34.2 Å². The highest BCUT2D eigenvalue weighted by Gasteiger charge is 2.22. The number of nitrogens with two attached hydrogens (primary N) is 1. The Balaban J connectivity index is 1.65. The zero-order valence-electron chi connectivity index (χ0n) is 16.6. The summed E-state index contributed by atoms with van der Waals surface area (Å²) in [6, 6.07) is 12.7. The monoisotopic (exact) mass is 393 g/mol. The van der Waals surface area contributed by atoms with Gasteiger partial charge in [-0.05, 0) is 61.3 Å². The van der Waals surface area contributed by atoms with Gasteiger partial charge in [0.15, 0.2) is 0 Å². The third kappa shape index (κ3) is 3.79. The van der Waals surface area contributed by atoms with E-state index in [1.807, 2.05) is 44.3 Å². The summed E-state index contributed by atoms with van der Waals surface area (Å²) in [5.74, 6) is -0.757. The molecule has 0 aliphatic carbocycles. The van der Waals surface area contributed by atoms with E-state index in [9.17, 15) is 4.79 Å². The van der Waals surface area contributed by atoms with Gasteiger partial charge in [0, 0.05) is 19.6 Å². The van der Waals surface area contributed by atoms with Crippen LogP contribution in [0.3, 0.4) is 0 Å². The van der Waals surface area contributed by atoms with Gasteiger partial charge in [0.1, 0.15) is 11.5 Å². The van der Waals surface area contributed by atoms with Crippen molar-refractivity contribution in [1.82, 2.24) is 14.7 Å². The fraction of sp³-hybridized carbons (Fsp3) is 0.273. The molecular formula is C22H24FN5O. The molecule has 29 heavy (non-hydrogen) atoms. The van der Waals surface area contributed by atoms with Crippen molar-refractivity contribution in [2.75, 3.05) is 18.9 Å². The van der Waals surface area contributed by atoms with E-state index in [2.05, 4.69) is 15.3 Å². The summed E-state index contributed by atoms with van der Waals surface area (Å²) < 4.78 is 16.6. The van der Waals surface area contributed by atoms with E-state index in [-0.39, 0.29) is 11.5 Å². The Hall–Kier alpha value is -3.03. The minimum Gasteiger partial charge on any atom is -0.326 e. The van der Waals surface area contributed by atoms with E-state index in [0.29, 0.717) is 36.5 Å². The fourth-order valence-electron chi connectivity index (χ4n) is 3.71. The van der Waals surface area contributed by atoms with Crippen molar-refractivity contribution in [3.63, 3.8) is 0 Å². The largest absolute Gasteiger partial charge is 0.326 e. The normalized spacial score (nSPS) is 13.9. The molecule has 0 atom stereocenters. The van der Waals surface area contributed by atoms with E-state index in [1.54, 1.807) is 16.8 Å². The van der Waals surface area contributed by atoms with Crippen molar-refractivity contribution in [2.24, 2.45) is 5.73 Å². The van der Waals surface area contributed by atoms with Crippen LogP contribution in [0.2, 0.25) is 0 Å². The molecule has 1 aromatic heterocycles. The Bertz CT molecular complexity index is 1080. The van der Waals surface area contributed by atoms with Gasteiger partial charge in [0.2, 0.25) is 0 Å². The van der Waals surface area contributed by atoms with Crippen LogP contribution in [-0.2, 0) is 19.5 Å². The quantitative estimate of drug-likeness (QED) is 0.714. The maximum absolute atomic E-state index is 15.0.